The van der Waals surface area contributed by atoms with Gasteiger partial charge in [0.2, 0.25) is 0 Å². The molecule has 0 bridgehead atoms. The van der Waals surface area contributed by atoms with Gasteiger partial charge >= 0.3 is 0 Å². The van der Waals surface area contributed by atoms with E-state index in [1.54, 1.807) is 18.2 Å². The predicted octanol–water partition coefficient (Wildman–Crippen LogP) is 6.24. The van der Waals surface area contributed by atoms with Gasteiger partial charge in [0.15, 0.2) is 0 Å². The zero-order valence-corrected chi connectivity index (χ0v) is 14.2. The molecule has 0 radical (unpaired) electrons. The van der Waals surface area contributed by atoms with Crippen molar-refractivity contribution >= 4 is 28.4 Å². The van der Waals surface area contributed by atoms with E-state index in [0.717, 1.165) is 6.42 Å². The summed E-state index contributed by atoms with van der Waals surface area (Å²) >= 11 is 11.4. The van der Waals surface area contributed by atoms with Crippen LogP contribution >= 0.6 is 23.2 Å². The summed E-state index contributed by atoms with van der Waals surface area (Å²) in [6.07, 6.45) is 10.2. The molecule has 0 saturated carbocycles. The second kappa shape index (κ2) is 10.9. The molecule has 0 aromatic heterocycles. The van der Waals surface area contributed by atoms with Crippen LogP contribution in [-0.4, -0.2) is 11.8 Å². The highest BCUT2D eigenvalue weighted by atomic mass is 35.5. The van der Waals surface area contributed by atoms with Crippen LogP contribution < -0.4 is 4.74 Å². The normalized spacial score (nSPS) is 10.6. The topological polar surface area (TPSA) is 26.3 Å². The van der Waals surface area contributed by atoms with Gasteiger partial charge in [-0.2, -0.15) is 0 Å². The fourth-order valence-corrected chi connectivity index (χ4v) is 2.64. The molecule has 0 atom stereocenters. The van der Waals surface area contributed by atoms with Crippen molar-refractivity contribution in [1.82, 2.24) is 0 Å². The molecule has 21 heavy (non-hydrogen) atoms. The zero-order chi connectivity index (χ0) is 15.5. The van der Waals surface area contributed by atoms with Crippen LogP contribution in [0.2, 0.25) is 5.02 Å². The minimum absolute atomic E-state index is 0.317. The molecule has 1 aromatic carbocycles. The molecular weight excluding hydrogens is 307 g/mol. The molecule has 1 rings (SSSR count). The third-order valence-corrected chi connectivity index (χ3v) is 3.94. The van der Waals surface area contributed by atoms with Gasteiger partial charge in [0.1, 0.15) is 5.75 Å². The molecule has 0 aliphatic carbocycles. The van der Waals surface area contributed by atoms with Crippen LogP contribution in [0.25, 0.3) is 0 Å². The summed E-state index contributed by atoms with van der Waals surface area (Å²) in [7, 11) is 0. The molecule has 0 heterocycles. The van der Waals surface area contributed by atoms with Gasteiger partial charge in [0, 0.05) is 0 Å². The molecule has 0 aliphatic rings. The van der Waals surface area contributed by atoms with Crippen molar-refractivity contribution in [3.63, 3.8) is 0 Å². The lowest BCUT2D eigenvalue weighted by atomic mass is 10.1. The second-order valence-corrected chi connectivity index (χ2v) is 5.99. The van der Waals surface area contributed by atoms with Crippen LogP contribution in [0.5, 0.6) is 5.75 Å². The number of hydrogen-bond donors (Lipinski definition) is 0. The highest BCUT2D eigenvalue weighted by molar-refractivity contribution is 6.68. The fraction of sp³-hybridized carbons (Fsp3) is 0.588. The Balaban J connectivity index is 2.13. The summed E-state index contributed by atoms with van der Waals surface area (Å²) in [6, 6.07) is 4.97. The van der Waals surface area contributed by atoms with E-state index >= 15 is 0 Å². The molecular formula is C17H24Cl2O2. The van der Waals surface area contributed by atoms with E-state index in [2.05, 4.69) is 6.92 Å². The average Bonchev–Trinajstić information content (AvgIpc) is 2.45. The number of carbonyl (C=O) groups is 1. The SMILES string of the molecule is CCCCCCCCCCOc1ccc(C(=O)Cl)c(Cl)c1. The molecule has 0 saturated heterocycles. The maximum atomic E-state index is 11.0. The standard InChI is InChI=1S/C17H24Cl2O2/c1-2-3-4-5-6-7-8-9-12-21-14-10-11-15(17(19)20)16(18)13-14/h10-11,13H,2-9,12H2,1H3. The highest BCUT2D eigenvalue weighted by Gasteiger charge is 2.08. The van der Waals surface area contributed by atoms with E-state index in [1.165, 1.54) is 44.9 Å². The van der Waals surface area contributed by atoms with Crippen molar-refractivity contribution in [2.75, 3.05) is 6.61 Å². The van der Waals surface area contributed by atoms with Gasteiger partial charge < -0.3 is 4.74 Å². The Hall–Kier alpha value is -0.730. The summed E-state index contributed by atoms with van der Waals surface area (Å²) in [4.78, 5) is 11.0. The van der Waals surface area contributed by atoms with Crippen molar-refractivity contribution in [3.8, 4) is 5.75 Å². The lowest BCUT2D eigenvalue weighted by Gasteiger charge is -2.07. The molecule has 0 unspecified atom stereocenters. The second-order valence-electron chi connectivity index (χ2n) is 5.24. The summed E-state index contributed by atoms with van der Waals surface area (Å²) < 4.78 is 5.63. The highest BCUT2D eigenvalue weighted by Crippen LogP contribution is 2.24. The Morgan fingerprint density at radius 3 is 2.24 bits per heavy atom. The fourth-order valence-electron chi connectivity index (χ4n) is 2.17. The molecule has 1 aromatic rings. The summed E-state index contributed by atoms with van der Waals surface area (Å²) in [6.45, 7) is 2.92. The summed E-state index contributed by atoms with van der Waals surface area (Å²) in [5.74, 6) is 0.685. The maximum Gasteiger partial charge on any atom is 0.253 e. The minimum atomic E-state index is -0.547. The number of benzene rings is 1. The monoisotopic (exact) mass is 330 g/mol. The zero-order valence-electron chi connectivity index (χ0n) is 12.7. The molecule has 2 nitrogen and oxygen atoms in total. The molecule has 0 N–H and O–H groups in total. The van der Waals surface area contributed by atoms with Gasteiger partial charge in [0.05, 0.1) is 17.2 Å². The van der Waals surface area contributed by atoms with Crippen LogP contribution in [-0.2, 0) is 0 Å². The van der Waals surface area contributed by atoms with E-state index in [1.807, 2.05) is 0 Å². The Bertz CT molecular complexity index is 433. The maximum absolute atomic E-state index is 11.0. The van der Waals surface area contributed by atoms with E-state index in [4.69, 9.17) is 27.9 Å². The Morgan fingerprint density at radius 2 is 1.67 bits per heavy atom. The first-order valence-electron chi connectivity index (χ1n) is 7.77. The molecule has 118 valence electrons. The van der Waals surface area contributed by atoms with Crippen molar-refractivity contribution < 1.29 is 9.53 Å². The first kappa shape index (κ1) is 18.3. The van der Waals surface area contributed by atoms with Crippen LogP contribution in [0, 0.1) is 0 Å². The number of ether oxygens (including phenoxy) is 1. The van der Waals surface area contributed by atoms with E-state index < -0.39 is 5.24 Å². The summed E-state index contributed by atoms with van der Waals surface area (Å²) in [5.41, 5.74) is 0.317. The lowest BCUT2D eigenvalue weighted by molar-refractivity contribution is 0.108. The average molecular weight is 331 g/mol. The van der Waals surface area contributed by atoms with Crippen molar-refractivity contribution in [1.29, 1.82) is 0 Å². The van der Waals surface area contributed by atoms with Crippen molar-refractivity contribution in [2.24, 2.45) is 0 Å². The number of halogens is 2. The van der Waals surface area contributed by atoms with Crippen LogP contribution in [0.1, 0.15) is 68.6 Å². The number of rotatable bonds is 11. The first-order valence-corrected chi connectivity index (χ1v) is 8.53. The largest absolute Gasteiger partial charge is 0.494 e. The minimum Gasteiger partial charge on any atom is -0.494 e. The Morgan fingerprint density at radius 1 is 1.05 bits per heavy atom. The quantitative estimate of drug-likeness (QED) is 0.354. The van der Waals surface area contributed by atoms with Crippen LogP contribution in [0.15, 0.2) is 18.2 Å². The van der Waals surface area contributed by atoms with E-state index in [0.29, 0.717) is 22.9 Å². The van der Waals surface area contributed by atoms with Gasteiger partial charge in [-0.25, -0.2) is 0 Å². The van der Waals surface area contributed by atoms with E-state index in [-0.39, 0.29) is 0 Å². The summed E-state index contributed by atoms with van der Waals surface area (Å²) in [5, 5.41) is -0.210. The Labute approximate surface area is 137 Å². The molecule has 0 amide bonds. The third kappa shape index (κ3) is 7.73. The first-order chi connectivity index (χ1) is 10.1. The van der Waals surface area contributed by atoms with Crippen LogP contribution in [0.3, 0.4) is 0 Å². The van der Waals surface area contributed by atoms with E-state index in [9.17, 15) is 4.79 Å². The van der Waals surface area contributed by atoms with Gasteiger partial charge in [-0.05, 0) is 36.2 Å². The van der Waals surface area contributed by atoms with Crippen LogP contribution in [0.4, 0.5) is 0 Å². The number of unbranched alkanes of at least 4 members (excludes halogenated alkanes) is 7. The number of hydrogen-bond acceptors (Lipinski definition) is 2. The van der Waals surface area contributed by atoms with Gasteiger partial charge in [0.25, 0.3) is 5.24 Å². The predicted molar refractivity (Wildman–Crippen MR) is 89.7 cm³/mol. The molecule has 0 spiro atoms. The molecule has 4 heteroatoms. The molecule has 0 aliphatic heterocycles. The smallest absolute Gasteiger partial charge is 0.253 e. The third-order valence-electron chi connectivity index (χ3n) is 3.42. The Kier molecular flexibility index (Phi) is 9.53. The van der Waals surface area contributed by atoms with Gasteiger partial charge in [-0.15, -0.1) is 0 Å². The van der Waals surface area contributed by atoms with Gasteiger partial charge in [-0.3, -0.25) is 4.79 Å². The molecule has 0 fully saturated rings. The number of carbonyl (C=O) groups excluding carboxylic acids is 1. The van der Waals surface area contributed by atoms with Crippen molar-refractivity contribution in [3.05, 3.63) is 28.8 Å². The van der Waals surface area contributed by atoms with Gasteiger partial charge in [-0.1, -0.05) is 63.5 Å². The lowest BCUT2D eigenvalue weighted by Crippen LogP contribution is -1.98. The van der Waals surface area contributed by atoms with Crippen molar-refractivity contribution in [2.45, 2.75) is 58.3 Å².